The van der Waals surface area contributed by atoms with Crippen molar-refractivity contribution in [1.29, 1.82) is 0 Å². The van der Waals surface area contributed by atoms with Gasteiger partial charge in [0.2, 0.25) is 15.9 Å². The molecule has 0 aliphatic rings. The van der Waals surface area contributed by atoms with Crippen LogP contribution in [0.25, 0.3) is 0 Å². The van der Waals surface area contributed by atoms with Gasteiger partial charge >= 0.3 is 7.12 Å². The molecule has 0 fully saturated rings. The van der Waals surface area contributed by atoms with Gasteiger partial charge in [-0.3, -0.25) is 4.79 Å². The summed E-state index contributed by atoms with van der Waals surface area (Å²) in [6.45, 7) is 5.46. The Kier molecular flexibility index (Phi) is 8.07. The van der Waals surface area contributed by atoms with E-state index in [1.807, 2.05) is 31.2 Å². The maximum atomic E-state index is 12.1. The lowest BCUT2D eigenvalue weighted by atomic mass is 9.76. The molecule has 9 heteroatoms. The molecule has 1 amide bonds. The maximum absolute atomic E-state index is 12.1. The second-order valence-electron chi connectivity index (χ2n) is 6.49. The van der Waals surface area contributed by atoms with E-state index in [2.05, 4.69) is 5.32 Å². The third-order valence-electron chi connectivity index (χ3n) is 3.84. The van der Waals surface area contributed by atoms with E-state index >= 15 is 0 Å². The van der Waals surface area contributed by atoms with Crippen molar-refractivity contribution >= 4 is 23.0 Å². The maximum Gasteiger partial charge on any atom is 0.475 e. The molecule has 3 N–H and O–H groups in total. The van der Waals surface area contributed by atoms with E-state index in [9.17, 15) is 23.3 Å². The van der Waals surface area contributed by atoms with Gasteiger partial charge in [0, 0.05) is 19.0 Å². The van der Waals surface area contributed by atoms with Crippen LogP contribution in [0.3, 0.4) is 0 Å². The van der Waals surface area contributed by atoms with Crippen LogP contribution in [-0.2, 0) is 21.2 Å². The SMILES string of the molecule is Cc1ccc(CC(NC(=O)CCN(C(C)C)S(C)(=O)=O)B(O)O)cc1. The van der Waals surface area contributed by atoms with Gasteiger partial charge in [0.1, 0.15) is 0 Å². The zero-order valence-corrected chi connectivity index (χ0v) is 16.0. The topological polar surface area (TPSA) is 107 Å². The molecule has 7 nitrogen and oxygen atoms in total. The van der Waals surface area contributed by atoms with Gasteiger partial charge in [0.15, 0.2) is 0 Å². The Morgan fingerprint density at radius 3 is 2.24 bits per heavy atom. The Morgan fingerprint density at radius 2 is 1.80 bits per heavy atom. The first-order chi connectivity index (χ1) is 11.5. The summed E-state index contributed by atoms with van der Waals surface area (Å²) in [4.78, 5) is 12.1. The number of hydrogen-bond donors (Lipinski definition) is 3. The number of rotatable bonds is 9. The molecule has 1 unspecified atom stereocenters. The number of nitrogens with zero attached hydrogens (tertiary/aromatic N) is 1. The zero-order chi connectivity index (χ0) is 19.2. The van der Waals surface area contributed by atoms with Crippen LogP contribution in [0.4, 0.5) is 0 Å². The Balaban J connectivity index is 2.66. The highest BCUT2D eigenvalue weighted by Gasteiger charge is 2.27. The lowest BCUT2D eigenvalue weighted by Gasteiger charge is -2.24. The van der Waals surface area contributed by atoms with Crippen molar-refractivity contribution in [2.75, 3.05) is 12.8 Å². The Hall–Kier alpha value is -1.42. The van der Waals surface area contributed by atoms with Gasteiger partial charge in [-0.25, -0.2) is 8.42 Å². The fraction of sp³-hybridized carbons (Fsp3) is 0.562. The number of carbonyl (C=O) groups excluding carboxylic acids is 1. The first-order valence-electron chi connectivity index (χ1n) is 8.18. The average molecular weight is 370 g/mol. The molecule has 0 spiro atoms. The summed E-state index contributed by atoms with van der Waals surface area (Å²) in [5.74, 6) is -1.29. The van der Waals surface area contributed by atoms with Crippen LogP contribution >= 0.6 is 0 Å². The second kappa shape index (κ2) is 9.33. The minimum Gasteiger partial charge on any atom is -0.426 e. The molecule has 1 aromatic carbocycles. The van der Waals surface area contributed by atoms with Crippen LogP contribution in [0.5, 0.6) is 0 Å². The molecule has 1 aromatic rings. The Labute approximate surface area is 150 Å². The summed E-state index contributed by atoms with van der Waals surface area (Å²) in [7, 11) is -5.11. The molecule has 1 rings (SSSR count). The largest absolute Gasteiger partial charge is 0.475 e. The van der Waals surface area contributed by atoms with Crippen LogP contribution in [-0.4, -0.2) is 60.6 Å². The average Bonchev–Trinajstić information content (AvgIpc) is 2.47. The highest BCUT2D eigenvalue weighted by Crippen LogP contribution is 2.09. The first-order valence-corrected chi connectivity index (χ1v) is 10.0. The summed E-state index contributed by atoms with van der Waals surface area (Å²) >= 11 is 0. The summed E-state index contributed by atoms with van der Waals surface area (Å²) in [5.41, 5.74) is 1.95. The molecule has 0 aliphatic carbocycles. The molecule has 0 saturated carbocycles. The molecule has 0 bridgehead atoms. The van der Waals surface area contributed by atoms with E-state index in [1.165, 1.54) is 4.31 Å². The lowest BCUT2D eigenvalue weighted by molar-refractivity contribution is -0.121. The van der Waals surface area contributed by atoms with Gasteiger partial charge in [0.05, 0.1) is 12.2 Å². The van der Waals surface area contributed by atoms with Crippen molar-refractivity contribution in [3.8, 4) is 0 Å². The number of hydrogen-bond acceptors (Lipinski definition) is 5. The van der Waals surface area contributed by atoms with Crippen LogP contribution in [0.1, 0.15) is 31.4 Å². The fourth-order valence-electron chi connectivity index (χ4n) is 2.51. The highest BCUT2D eigenvalue weighted by atomic mass is 32.2. The van der Waals surface area contributed by atoms with Crippen molar-refractivity contribution in [2.45, 2.75) is 45.6 Å². The molecule has 1 atom stereocenters. The van der Waals surface area contributed by atoms with E-state index in [0.717, 1.165) is 17.4 Å². The number of sulfonamides is 1. The molecule has 0 heterocycles. The van der Waals surface area contributed by atoms with E-state index < -0.39 is 29.0 Å². The normalized spacial score (nSPS) is 13.1. The van der Waals surface area contributed by atoms with Gasteiger partial charge in [-0.2, -0.15) is 4.31 Å². The first kappa shape index (κ1) is 21.6. The van der Waals surface area contributed by atoms with Crippen molar-refractivity contribution in [2.24, 2.45) is 0 Å². The standard InChI is InChI=1S/C16H27BN2O5S/c1-12(2)19(25(4,23)24)10-9-16(20)18-15(17(21)22)11-14-7-5-13(3)6-8-14/h5-8,12,15,21-22H,9-11H2,1-4H3,(H,18,20). The highest BCUT2D eigenvalue weighted by molar-refractivity contribution is 7.88. The van der Waals surface area contributed by atoms with Gasteiger partial charge in [-0.1, -0.05) is 29.8 Å². The third kappa shape index (κ3) is 7.56. The predicted molar refractivity (Wildman–Crippen MR) is 98.3 cm³/mol. The van der Waals surface area contributed by atoms with Crippen molar-refractivity contribution < 1.29 is 23.3 Å². The Bertz CT molecular complexity index is 662. The molecule has 25 heavy (non-hydrogen) atoms. The molecular weight excluding hydrogens is 343 g/mol. The summed E-state index contributed by atoms with van der Waals surface area (Å²) in [5, 5.41) is 21.6. The predicted octanol–water partition coefficient (Wildman–Crippen LogP) is 0.0944. The minimum absolute atomic E-state index is 0.0428. The monoisotopic (exact) mass is 370 g/mol. The van der Waals surface area contributed by atoms with Crippen LogP contribution in [0.15, 0.2) is 24.3 Å². The quantitative estimate of drug-likeness (QED) is 0.535. The van der Waals surface area contributed by atoms with Gasteiger partial charge in [-0.05, 0) is 32.8 Å². The molecule has 0 aliphatic heterocycles. The molecular formula is C16H27BN2O5S. The van der Waals surface area contributed by atoms with Crippen molar-refractivity contribution in [3.63, 3.8) is 0 Å². The van der Waals surface area contributed by atoms with Crippen LogP contribution in [0.2, 0.25) is 0 Å². The molecule has 0 saturated heterocycles. The van der Waals surface area contributed by atoms with E-state index in [0.29, 0.717) is 0 Å². The molecule has 0 radical (unpaired) electrons. The Morgan fingerprint density at radius 1 is 1.24 bits per heavy atom. The minimum atomic E-state index is -3.40. The van der Waals surface area contributed by atoms with Crippen molar-refractivity contribution in [3.05, 3.63) is 35.4 Å². The number of nitrogens with one attached hydrogen (secondary N) is 1. The number of amides is 1. The fourth-order valence-corrected chi connectivity index (χ4v) is 3.70. The number of carbonyl (C=O) groups is 1. The second-order valence-corrected chi connectivity index (χ2v) is 8.43. The summed E-state index contributed by atoms with van der Waals surface area (Å²) in [6, 6.07) is 7.28. The van der Waals surface area contributed by atoms with Crippen molar-refractivity contribution in [1.82, 2.24) is 9.62 Å². The van der Waals surface area contributed by atoms with E-state index in [-0.39, 0.29) is 25.4 Å². The van der Waals surface area contributed by atoms with Crippen LogP contribution in [0, 0.1) is 6.92 Å². The lowest BCUT2D eigenvalue weighted by Crippen LogP contribution is -2.49. The van der Waals surface area contributed by atoms with Gasteiger partial charge in [0.25, 0.3) is 0 Å². The smallest absolute Gasteiger partial charge is 0.426 e. The van der Waals surface area contributed by atoms with Gasteiger partial charge in [-0.15, -0.1) is 0 Å². The van der Waals surface area contributed by atoms with E-state index in [1.54, 1.807) is 13.8 Å². The van der Waals surface area contributed by atoms with E-state index in [4.69, 9.17) is 0 Å². The zero-order valence-electron chi connectivity index (χ0n) is 15.1. The molecule has 140 valence electrons. The third-order valence-corrected chi connectivity index (χ3v) is 5.30. The summed E-state index contributed by atoms with van der Waals surface area (Å²) < 4.78 is 24.6. The van der Waals surface area contributed by atoms with Crippen LogP contribution < -0.4 is 5.32 Å². The van der Waals surface area contributed by atoms with Gasteiger partial charge < -0.3 is 15.4 Å². The number of benzene rings is 1. The molecule has 0 aromatic heterocycles. The number of aryl methyl sites for hydroxylation is 1. The summed E-state index contributed by atoms with van der Waals surface area (Å²) in [6.07, 6.45) is 1.31.